The topological polar surface area (TPSA) is 215 Å². The fourth-order valence-electron chi connectivity index (χ4n) is 7.02. The van der Waals surface area contributed by atoms with E-state index < -0.39 is 59.5 Å². The molecule has 1 aliphatic rings. The van der Waals surface area contributed by atoms with Crippen LogP contribution >= 0.6 is 0 Å². The van der Waals surface area contributed by atoms with Gasteiger partial charge in [-0.2, -0.15) is 0 Å². The minimum Gasteiger partial charge on any atom is -0.481 e. The average molecular weight is 801 g/mol. The molecule has 0 saturated heterocycles. The molecule has 0 saturated carbocycles. The van der Waals surface area contributed by atoms with Crippen LogP contribution in [0.5, 0.6) is 0 Å². The van der Waals surface area contributed by atoms with Crippen molar-refractivity contribution in [1.29, 1.82) is 0 Å². The van der Waals surface area contributed by atoms with Crippen molar-refractivity contribution in [1.82, 2.24) is 26.2 Å². The molecule has 0 unspecified atom stereocenters. The molecule has 4 rings (SSSR count). The standard InChI is InChI=1S/C43H56N6O9/c1-5-28(25-29-11-7-6-8-12-29)26-44-22-19-27(2)39(53)47-33(40(54)45-23-20-34(43(57)58)46-36(50)15-10-16-37(51)52)21-24-49-41(55)31-14-9-13-30-35(48(3)4)18-17-32(38(30)31)42(49)56/h6-9,11-14,17-18,27-28,33-34,44H,5,10,15-16,19-26H2,1-4H3,(H,45,54)(H,46,50)(H,47,53)(H,51,52)(H,57,58)/t27-,28-,33+,34+/m0/s1. The number of rotatable bonds is 24. The van der Waals surface area contributed by atoms with Gasteiger partial charge in [-0.15, -0.1) is 0 Å². The first-order valence-electron chi connectivity index (χ1n) is 19.9. The van der Waals surface area contributed by atoms with Crippen LogP contribution < -0.4 is 26.2 Å². The van der Waals surface area contributed by atoms with Crippen LogP contribution in [-0.2, 0) is 30.4 Å². The van der Waals surface area contributed by atoms with Gasteiger partial charge in [0.25, 0.3) is 11.8 Å². The van der Waals surface area contributed by atoms with E-state index in [1.54, 1.807) is 25.1 Å². The van der Waals surface area contributed by atoms with Crippen LogP contribution in [0.1, 0.15) is 85.1 Å². The fraction of sp³-hybridized carbons (Fsp3) is 0.465. The summed E-state index contributed by atoms with van der Waals surface area (Å²) in [5, 5.41) is 31.0. The Balaban J connectivity index is 1.42. The van der Waals surface area contributed by atoms with Crippen molar-refractivity contribution < 1.29 is 43.8 Å². The molecule has 0 fully saturated rings. The van der Waals surface area contributed by atoms with Gasteiger partial charge in [-0.25, -0.2) is 4.79 Å². The summed E-state index contributed by atoms with van der Waals surface area (Å²) < 4.78 is 0. The predicted octanol–water partition coefficient (Wildman–Crippen LogP) is 3.59. The summed E-state index contributed by atoms with van der Waals surface area (Å²) in [5.41, 5.74) is 2.80. The Bertz CT molecular complexity index is 1930. The van der Waals surface area contributed by atoms with E-state index in [0.717, 1.165) is 35.4 Å². The van der Waals surface area contributed by atoms with Gasteiger partial charge < -0.3 is 36.4 Å². The monoisotopic (exact) mass is 800 g/mol. The number of anilines is 1. The molecule has 6 N–H and O–H groups in total. The SMILES string of the molecule is CC[C@H](CNCC[C@H](C)C(=O)N[C@H](CCN1C(=O)c2cccc3c(N(C)C)ccc(c23)C1=O)C(=O)NCC[C@@H](NC(=O)CCCC(=O)O)C(=O)O)Cc1ccccc1. The highest BCUT2D eigenvalue weighted by atomic mass is 16.4. The molecule has 0 spiro atoms. The van der Waals surface area contributed by atoms with E-state index in [9.17, 15) is 38.7 Å². The summed E-state index contributed by atoms with van der Waals surface area (Å²) in [7, 11) is 3.75. The van der Waals surface area contributed by atoms with Gasteiger partial charge in [-0.05, 0) is 74.9 Å². The Kier molecular flexibility index (Phi) is 16.7. The highest BCUT2D eigenvalue weighted by molar-refractivity contribution is 6.26. The third kappa shape index (κ3) is 12.3. The second kappa shape index (κ2) is 21.6. The third-order valence-electron chi connectivity index (χ3n) is 10.5. The van der Waals surface area contributed by atoms with Gasteiger partial charge in [0.1, 0.15) is 12.1 Å². The molecule has 1 heterocycles. The van der Waals surface area contributed by atoms with Gasteiger partial charge in [0.2, 0.25) is 17.7 Å². The average Bonchev–Trinajstić information content (AvgIpc) is 3.19. The second-order valence-corrected chi connectivity index (χ2v) is 15.0. The van der Waals surface area contributed by atoms with Gasteiger partial charge in [0.15, 0.2) is 0 Å². The summed E-state index contributed by atoms with van der Waals surface area (Å²) in [6.45, 7) is 4.85. The number of imide groups is 1. The van der Waals surface area contributed by atoms with Crippen molar-refractivity contribution >= 4 is 57.9 Å². The second-order valence-electron chi connectivity index (χ2n) is 15.0. The number of nitrogens with one attached hydrogen (secondary N) is 4. The van der Waals surface area contributed by atoms with Gasteiger partial charge in [-0.1, -0.05) is 62.7 Å². The quantitative estimate of drug-likeness (QED) is 0.0569. The van der Waals surface area contributed by atoms with E-state index in [-0.39, 0.29) is 45.2 Å². The van der Waals surface area contributed by atoms with Crippen LogP contribution in [0.3, 0.4) is 0 Å². The van der Waals surface area contributed by atoms with Gasteiger partial charge >= 0.3 is 11.9 Å². The minimum absolute atomic E-state index is 0.0352. The Morgan fingerprint density at radius 3 is 2.14 bits per heavy atom. The molecular formula is C43H56N6O9. The predicted molar refractivity (Wildman–Crippen MR) is 219 cm³/mol. The third-order valence-corrected chi connectivity index (χ3v) is 10.5. The van der Waals surface area contributed by atoms with Crippen molar-refractivity contribution in [3.63, 3.8) is 0 Å². The molecule has 0 radical (unpaired) electrons. The normalized spacial score (nSPS) is 14.3. The molecule has 312 valence electrons. The lowest BCUT2D eigenvalue weighted by Gasteiger charge is -2.30. The maximum absolute atomic E-state index is 13.8. The molecule has 4 atom stereocenters. The number of nitrogens with zero attached hydrogens (tertiary/aromatic N) is 2. The van der Waals surface area contributed by atoms with Crippen molar-refractivity contribution in [3.05, 3.63) is 77.4 Å². The number of aliphatic carboxylic acids is 2. The molecule has 0 bridgehead atoms. The Morgan fingerprint density at radius 1 is 0.776 bits per heavy atom. The summed E-state index contributed by atoms with van der Waals surface area (Å²) in [6, 6.07) is 16.4. The van der Waals surface area contributed by atoms with Crippen LogP contribution in [-0.4, -0.2) is 109 Å². The maximum atomic E-state index is 13.8. The highest BCUT2D eigenvalue weighted by Crippen LogP contribution is 2.35. The molecule has 58 heavy (non-hydrogen) atoms. The van der Waals surface area contributed by atoms with Gasteiger partial charge in [0.05, 0.1) is 0 Å². The summed E-state index contributed by atoms with van der Waals surface area (Å²) >= 11 is 0. The van der Waals surface area contributed by atoms with Crippen molar-refractivity contribution in [2.45, 2.75) is 77.3 Å². The molecule has 1 aliphatic heterocycles. The first kappa shape index (κ1) is 44.9. The molecule has 3 aromatic rings. The fourth-order valence-corrected chi connectivity index (χ4v) is 7.02. The van der Waals surface area contributed by atoms with Crippen molar-refractivity contribution in [2.24, 2.45) is 11.8 Å². The smallest absolute Gasteiger partial charge is 0.326 e. The van der Waals surface area contributed by atoms with Crippen molar-refractivity contribution in [3.8, 4) is 0 Å². The molecule has 15 nitrogen and oxygen atoms in total. The zero-order chi connectivity index (χ0) is 42.4. The van der Waals surface area contributed by atoms with Gasteiger partial charge in [-0.3, -0.25) is 33.7 Å². The van der Waals surface area contributed by atoms with E-state index in [1.807, 2.05) is 49.3 Å². The largest absolute Gasteiger partial charge is 0.481 e. The Morgan fingerprint density at radius 2 is 1.48 bits per heavy atom. The maximum Gasteiger partial charge on any atom is 0.326 e. The van der Waals surface area contributed by atoms with Crippen LogP contribution in [0.15, 0.2) is 60.7 Å². The lowest BCUT2D eigenvalue weighted by atomic mass is 9.92. The molecule has 0 aliphatic carbocycles. The molecule has 5 amide bonds. The van der Waals surface area contributed by atoms with E-state index in [2.05, 4.69) is 40.3 Å². The molecule has 15 heteroatoms. The first-order chi connectivity index (χ1) is 27.7. The van der Waals surface area contributed by atoms with E-state index in [0.29, 0.717) is 35.4 Å². The van der Waals surface area contributed by atoms with E-state index in [4.69, 9.17) is 5.11 Å². The number of hydrogen-bond donors (Lipinski definition) is 6. The summed E-state index contributed by atoms with van der Waals surface area (Å²) in [6.07, 6.45) is 1.69. The van der Waals surface area contributed by atoms with Crippen LogP contribution in [0.4, 0.5) is 5.69 Å². The molecule has 0 aromatic heterocycles. The van der Waals surface area contributed by atoms with Crippen LogP contribution in [0.25, 0.3) is 10.8 Å². The highest BCUT2D eigenvalue weighted by Gasteiger charge is 2.35. The number of carboxylic acids is 2. The lowest BCUT2D eigenvalue weighted by Crippen LogP contribution is -2.51. The lowest BCUT2D eigenvalue weighted by molar-refractivity contribution is -0.142. The Labute approximate surface area is 338 Å². The first-order valence-corrected chi connectivity index (χ1v) is 19.9. The van der Waals surface area contributed by atoms with Crippen LogP contribution in [0, 0.1) is 11.8 Å². The van der Waals surface area contributed by atoms with Gasteiger partial charge in [0, 0.05) is 73.5 Å². The summed E-state index contributed by atoms with van der Waals surface area (Å²) in [5.74, 6) is -5.24. The number of amides is 5. The van der Waals surface area contributed by atoms with E-state index in [1.165, 1.54) is 5.56 Å². The number of carbonyl (C=O) groups is 7. The zero-order valence-corrected chi connectivity index (χ0v) is 33.7. The molecular weight excluding hydrogens is 745 g/mol. The molecule has 3 aromatic carbocycles. The van der Waals surface area contributed by atoms with Crippen molar-refractivity contribution in [2.75, 3.05) is 45.2 Å². The number of hydrogen-bond acceptors (Lipinski definition) is 9. The van der Waals surface area contributed by atoms with Crippen LogP contribution in [0.2, 0.25) is 0 Å². The zero-order valence-electron chi connectivity index (χ0n) is 33.7. The number of benzene rings is 3. The summed E-state index contributed by atoms with van der Waals surface area (Å²) in [4.78, 5) is 92.7. The number of carbonyl (C=O) groups excluding carboxylic acids is 5. The minimum atomic E-state index is -1.36. The van der Waals surface area contributed by atoms with E-state index >= 15 is 0 Å². The Hall–Kier alpha value is -5.83. The number of carboxylic acid groups (broad SMARTS) is 2.